The first-order chi connectivity index (χ1) is 10.1. The standard InChI is InChI=1S/C13H19FN4O4/c1-13(2,3)22-12(21)18-9(11(19)20)6-17-10-8(15)4-7(14)5-16-10/h4-5,9H,6,15H2,1-3H3,(H,16,17)(H,18,21)(H,19,20). The summed E-state index contributed by atoms with van der Waals surface area (Å²) in [4.78, 5) is 26.4. The van der Waals surface area contributed by atoms with Crippen LogP contribution in [0.15, 0.2) is 12.3 Å². The maximum atomic E-state index is 12.9. The molecule has 0 fully saturated rings. The highest BCUT2D eigenvalue weighted by molar-refractivity contribution is 5.80. The molecule has 9 heteroatoms. The Hall–Kier alpha value is -2.58. The Balaban J connectivity index is 2.65. The minimum atomic E-state index is -1.26. The molecule has 0 saturated heterocycles. The van der Waals surface area contributed by atoms with Gasteiger partial charge in [0.15, 0.2) is 0 Å². The summed E-state index contributed by atoms with van der Waals surface area (Å²) in [6.07, 6.45) is 0.0807. The number of anilines is 2. The highest BCUT2D eigenvalue weighted by atomic mass is 19.1. The lowest BCUT2D eigenvalue weighted by molar-refractivity contribution is -0.139. The number of aromatic nitrogens is 1. The largest absolute Gasteiger partial charge is 0.480 e. The molecular weight excluding hydrogens is 295 g/mol. The molecule has 1 amide bonds. The molecule has 0 radical (unpaired) electrons. The average molecular weight is 314 g/mol. The number of rotatable bonds is 5. The topological polar surface area (TPSA) is 127 Å². The van der Waals surface area contributed by atoms with Crippen molar-refractivity contribution in [3.63, 3.8) is 0 Å². The van der Waals surface area contributed by atoms with E-state index in [1.807, 2.05) is 0 Å². The van der Waals surface area contributed by atoms with E-state index in [9.17, 15) is 14.0 Å². The normalized spacial score (nSPS) is 12.4. The van der Waals surface area contributed by atoms with Gasteiger partial charge in [-0.3, -0.25) is 0 Å². The first-order valence-corrected chi connectivity index (χ1v) is 6.45. The predicted octanol–water partition coefficient (Wildman–Crippen LogP) is 1.19. The second kappa shape index (κ2) is 6.92. The van der Waals surface area contributed by atoms with E-state index in [1.165, 1.54) is 0 Å². The van der Waals surface area contributed by atoms with Gasteiger partial charge in [-0.25, -0.2) is 19.0 Å². The van der Waals surface area contributed by atoms with E-state index >= 15 is 0 Å². The third-order valence-corrected chi connectivity index (χ3v) is 2.35. The lowest BCUT2D eigenvalue weighted by atomic mass is 10.2. The third kappa shape index (κ3) is 5.81. The van der Waals surface area contributed by atoms with Crippen molar-refractivity contribution in [2.45, 2.75) is 32.4 Å². The summed E-state index contributed by atoms with van der Waals surface area (Å²) in [5, 5.41) is 13.9. The summed E-state index contributed by atoms with van der Waals surface area (Å²) in [5.74, 6) is -1.75. The first-order valence-electron chi connectivity index (χ1n) is 6.45. The van der Waals surface area contributed by atoms with Crippen molar-refractivity contribution in [3.05, 3.63) is 18.1 Å². The Kier molecular flexibility index (Phi) is 5.50. The van der Waals surface area contributed by atoms with Crippen molar-refractivity contribution < 1.29 is 23.8 Å². The summed E-state index contributed by atoms with van der Waals surface area (Å²) in [6.45, 7) is 4.77. The molecule has 1 unspecified atom stereocenters. The fraction of sp³-hybridized carbons (Fsp3) is 0.462. The number of nitrogens with one attached hydrogen (secondary N) is 2. The van der Waals surface area contributed by atoms with Gasteiger partial charge in [-0.2, -0.15) is 0 Å². The molecule has 1 atom stereocenters. The van der Waals surface area contributed by atoms with Gasteiger partial charge in [0.2, 0.25) is 0 Å². The predicted molar refractivity (Wildman–Crippen MR) is 77.9 cm³/mol. The second-order valence-corrected chi connectivity index (χ2v) is 5.51. The number of pyridine rings is 1. The minimum absolute atomic E-state index is 0.0291. The number of aliphatic carboxylic acids is 1. The molecule has 8 nitrogen and oxygen atoms in total. The molecular formula is C13H19FN4O4. The Labute approximate surface area is 126 Å². The molecule has 1 heterocycles. The number of nitrogens with two attached hydrogens (primary N) is 1. The number of carbonyl (C=O) groups excluding carboxylic acids is 1. The number of hydrogen-bond acceptors (Lipinski definition) is 6. The van der Waals surface area contributed by atoms with Crippen LogP contribution < -0.4 is 16.4 Å². The highest BCUT2D eigenvalue weighted by Gasteiger charge is 2.24. The molecule has 0 aliphatic carbocycles. The van der Waals surface area contributed by atoms with Crippen LogP contribution in [-0.2, 0) is 9.53 Å². The van der Waals surface area contributed by atoms with Crippen molar-refractivity contribution in [2.75, 3.05) is 17.6 Å². The molecule has 22 heavy (non-hydrogen) atoms. The third-order valence-electron chi connectivity index (χ3n) is 2.35. The molecule has 1 aromatic heterocycles. The van der Waals surface area contributed by atoms with Gasteiger partial charge < -0.3 is 26.2 Å². The van der Waals surface area contributed by atoms with Gasteiger partial charge in [0.25, 0.3) is 0 Å². The van der Waals surface area contributed by atoms with Gasteiger partial charge in [0.1, 0.15) is 23.3 Å². The number of carboxylic acid groups (broad SMARTS) is 1. The van der Waals surface area contributed by atoms with Crippen LogP contribution in [0.5, 0.6) is 0 Å². The van der Waals surface area contributed by atoms with Gasteiger partial charge in [0, 0.05) is 12.6 Å². The SMILES string of the molecule is CC(C)(C)OC(=O)NC(CNc1ncc(F)cc1N)C(=O)O. The highest BCUT2D eigenvalue weighted by Crippen LogP contribution is 2.15. The fourth-order valence-corrected chi connectivity index (χ4v) is 1.45. The van der Waals surface area contributed by atoms with Crippen molar-refractivity contribution in [2.24, 2.45) is 0 Å². The van der Waals surface area contributed by atoms with Crippen molar-refractivity contribution >= 4 is 23.6 Å². The average Bonchev–Trinajstić information content (AvgIpc) is 2.33. The zero-order valence-electron chi connectivity index (χ0n) is 12.5. The second-order valence-electron chi connectivity index (χ2n) is 5.51. The summed E-state index contributed by atoms with van der Waals surface area (Å²) in [6, 6.07) is -0.215. The number of halogens is 1. The van der Waals surface area contributed by atoms with E-state index in [2.05, 4.69) is 15.6 Å². The molecule has 1 rings (SSSR count). The minimum Gasteiger partial charge on any atom is -0.480 e. The summed E-state index contributed by atoms with van der Waals surface area (Å²) < 4.78 is 17.8. The van der Waals surface area contributed by atoms with Gasteiger partial charge in [-0.05, 0) is 20.8 Å². The van der Waals surface area contributed by atoms with Crippen LogP contribution >= 0.6 is 0 Å². The Morgan fingerprint density at radius 3 is 2.64 bits per heavy atom. The van der Waals surface area contributed by atoms with Crippen LogP contribution in [0.1, 0.15) is 20.8 Å². The molecule has 0 aromatic carbocycles. The van der Waals surface area contributed by atoms with Crippen molar-refractivity contribution in [1.82, 2.24) is 10.3 Å². The fourth-order valence-electron chi connectivity index (χ4n) is 1.45. The molecule has 5 N–H and O–H groups in total. The summed E-state index contributed by atoms with van der Waals surface area (Å²) in [7, 11) is 0. The van der Waals surface area contributed by atoms with Crippen LogP contribution in [0.3, 0.4) is 0 Å². The molecule has 0 bridgehead atoms. The zero-order valence-corrected chi connectivity index (χ0v) is 12.5. The first kappa shape index (κ1) is 17.5. The van der Waals surface area contributed by atoms with E-state index < -0.39 is 29.5 Å². The van der Waals surface area contributed by atoms with Gasteiger partial charge in [-0.15, -0.1) is 0 Å². The van der Waals surface area contributed by atoms with Crippen molar-refractivity contribution in [3.8, 4) is 0 Å². The number of nitrogens with zero attached hydrogens (tertiary/aromatic N) is 1. The van der Waals surface area contributed by atoms with E-state index in [4.69, 9.17) is 15.6 Å². The van der Waals surface area contributed by atoms with Crippen LogP contribution in [0.2, 0.25) is 0 Å². The maximum Gasteiger partial charge on any atom is 0.408 e. The van der Waals surface area contributed by atoms with E-state index in [0.29, 0.717) is 0 Å². The number of hydrogen-bond donors (Lipinski definition) is 4. The van der Waals surface area contributed by atoms with Crippen LogP contribution in [0.25, 0.3) is 0 Å². The van der Waals surface area contributed by atoms with Gasteiger partial charge in [0.05, 0.1) is 11.9 Å². The van der Waals surface area contributed by atoms with Crippen LogP contribution in [0.4, 0.5) is 20.7 Å². The van der Waals surface area contributed by atoms with Crippen molar-refractivity contribution in [1.29, 1.82) is 0 Å². The lowest BCUT2D eigenvalue weighted by Crippen LogP contribution is -2.47. The number of nitrogen functional groups attached to an aromatic ring is 1. The number of carbonyl (C=O) groups is 2. The Morgan fingerprint density at radius 2 is 2.14 bits per heavy atom. The number of amides is 1. The zero-order chi connectivity index (χ0) is 16.9. The molecule has 1 aromatic rings. The molecule has 0 aliphatic heterocycles. The molecule has 0 saturated carbocycles. The van der Waals surface area contributed by atoms with E-state index in [-0.39, 0.29) is 18.1 Å². The van der Waals surface area contributed by atoms with E-state index in [0.717, 1.165) is 12.3 Å². The lowest BCUT2D eigenvalue weighted by Gasteiger charge is -2.22. The van der Waals surface area contributed by atoms with Gasteiger partial charge in [-0.1, -0.05) is 0 Å². The number of ether oxygens (including phenoxy) is 1. The Morgan fingerprint density at radius 1 is 1.50 bits per heavy atom. The molecule has 122 valence electrons. The van der Waals surface area contributed by atoms with Crippen LogP contribution in [0, 0.1) is 5.82 Å². The quantitative estimate of drug-likeness (QED) is 0.643. The van der Waals surface area contributed by atoms with Crippen LogP contribution in [-0.4, -0.2) is 40.3 Å². The Bertz CT molecular complexity index is 559. The smallest absolute Gasteiger partial charge is 0.408 e. The summed E-state index contributed by atoms with van der Waals surface area (Å²) in [5.41, 5.74) is 4.83. The number of alkyl carbamates (subject to hydrolysis) is 1. The molecule has 0 spiro atoms. The number of carboxylic acids is 1. The summed E-state index contributed by atoms with van der Waals surface area (Å²) >= 11 is 0. The van der Waals surface area contributed by atoms with Gasteiger partial charge >= 0.3 is 12.1 Å². The maximum absolute atomic E-state index is 12.9. The molecule has 0 aliphatic rings. The van der Waals surface area contributed by atoms with E-state index in [1.54, 1.807) is 20.8 Å². The monoisotopic (exact) mass is 314 g/mol.